The number of hydrogen-bond donors (Lipinski definition) is 1. The molecule has 0 aliphatic carbocycles. The van der Waals surface area contributed by atoms with E-state index in [0.29, 0.717) is 18.8 Å². The Balaban J connectivity index is 1.77. The molecule has 1 fully saturated rings. The van der Waals surface area contributed by atoms with Gasteiger partial charge in [0.1, 0.15) is 11.6 Å². The molecule has 1 aliphatic rings. The molecule has 196 valence electrons. The minimum atomic E-state index is -0.956. The third-order valence-corrected chi connectivity index (χ3v) is 6.60. The summed E-state index contributed by atoms with van der Waals surface area (Å²) in [4.78, 5) is 27.9. The zero-order chi connectivity index (χ0) is 26.3. The number of carbonyl (C=O) groups is 2. The first-order chi connectivity index (χ1) is 17.0. The number of nitrogens with zero attached hydrogens (tertiary/aromatic N) is 1. The van der Waals surface area contributed by atoms with Crippen LogP contribution in [0.5, 0.6) is 5.75 Å². The highest BCUT2D eigenvalue weighted by Gasteiger charge is 2.47. The number of methoxy groups -OCH3 is 1. The van der Waals surface area contributed by atoms with E-state index in [-0.39, 0.29) is 23.6 Å². The topological polar surface area (TPSA) is 67.9 Å². The fourth-order valence-electron chi connectivity index (χ4n) is 4.67. The van der Waals surface area contributed by atoms with Gasteiger partial charge in [-0.2, -0.15) is 0 Å². The van der Waals surface area contributed by atoms with Gasteiger partial charge in [0.2, 0.25) is 0 Å². The molecule has 0 spiro atoms. The van der Waals surface area contributed by atoms with Crippen LogP contribution >= 0.6 is 0 Å². The standard InChI is InChI=1S/C29H39FN2O4/c1-6-7-8-17-29(22-11-13-23(30)14-12-22)19-32(20-29)26(33)25(36-27(34)31-28(2,3)4)18-21-9-15-24(35-5)16-10-21/h9-16,25H,6-8,17-20H2,1-5H3,(H,31,34). The molecule has 7 heteroatoms. The first kappa shape index (κ1) is 27.5. The number of ether oxygens (including phenoxy) is 2. The van der Waals surface area contributed by atoms with Crippen molar-refractivity contribution in [1.82, 2.24) is 10.2 Å². The van der Waals surface area contributed by atoms with E-state index < -0.39 is 17.7 Å². The van der Waals surface area contributed by atoms with E-state index in [1.165, 1.54) is 12.1 Å². The van der Waals surface area contributed by atoms with E-state index in [0.717, 1.165) is 36.8 Å². The van der Waals surface area contributed by atoms with Gasteiger partial charge in [-0.15, -0.1) is 0 Å². The van der Waals surface area contributed by atoms with Crippen molar-refractivity contribution in [2.24, 2.45) is 0 Å². The molecule has 1 saturated heterocycles. The van der Waals surface area contributed by atoms with Gasteiger partial charge in [-0.1, -0.05) is 50.5 Å². The summed E-state index contributed by atoms with van der Waals surface area (Å²) >= 11 is 0. The number of likely N-dealkylation sites (tertiary alicyclic amines) is 1. The number of halogens is 1. The Morgan fingerprint density at radius 2 is 1.69 bits per heavy atom. The summed E-state index contributed by atoms with van der Waals surface area (Å²) in [5, 5.41) is 2.78. The summed E-state index contributed by atoms with van der Waals surface area (Å²) in [6.45, 7) is 8.77. The number of unbranched alkanes of at least 4 members (excludes halogenated alkanes) is 2. The van der Waals surface area contributed by atoms with Gasteiger partial charge in [-0.3, -0.25) is 4.79 Å². The van der Waals surface area contributed by atoms with Crippen molar-refractivity contribution in [1.29, 1.82) is 0 Å². The van der Waals surface area contributed by atoms with Crippen molar-refractivity contribution in [3.63, 3.8) is 0 Å². The van der Waals surface area contributed by atoms with Crippen molar-refractivity contribution in [3.05, 3.63) is 65.5 Å². The molecule has 0 aromatic heterocycles. The van der Waals surface area contributed by atoms with Crippen molar-refractivity contribution in [2.45, 2.75) is 76.9 Å². The van der Waals surface area contributed by atoms with E-state index in [1.54, 1.807) is 12.0 Å². The molecule has 1 unspecified atom stereocenters. The Hall–Kier alpha value is -3.09. The molecule has 0 radical (unpaired) electrons. The molecule has 1 N–H and O–H groups in total. The van der Waals surface area contributed by atoms with E-state index in [4.69, 9.17) is 9.47 Å². The first-order valence-electron chi connectivity index (χ1n) is 12.7. The summed E-state index contributed by atoms with van der Waals surface area (Å²) in [5.41, 5.74) is 1.21. The van der Waals surface area contributed by atoms with Crippen LogP contribution in [0.1, 0.15) is 64.5 Å². The maximum atomic E-state index is 13.6. The maximum Gasteiger partial charge on any atom is 0.408 e. The minimum Gasteiger partial charge on any atom is -0.497 e. The van der Waals surface area contributed by atoms with Gasteiger partial charge in [-0.25, -0.2) is 9.18 Å². The van der Waals surface area contributed by atoms with E-state index in [1.807, 2.05) is 57.2 Å². The van der Waals surface area contributed by atoms with Crippen molar-refractivity contribution < 1.29 is 23.5 Å². The van der Waals surface area contributed by atoms with Crippen LogP contribution in [0.3, 0.4) is 0 Å². The number of rotatable bonds is 10. The van der Waals surface area contributed by atoms with E-state index in [2.05, 4.69) is 12.2 Å². The normalized spacial score (nSPS) is 15.6. The molecule has 0 saturated carbocycles. The number of amides is 2. The first-order valence-corrected chi connectivity index (χ1v) is 12.7. The number of alkyl carbamates (subject to hydrolysis) is 1. The Labute approximate surface area is 214 Å². The number of hydrogen-bond acceptors (Lipinski definition) is 4. The third kappa shape index (κ3) is 7.21. The highest BCUT2D eigenvalue weighted by atomic mass is 19.1. The van der Waals surface area contributed by atoms with Crippen molar-refractivity contribution >= 4 is 12.0 Å². The fourth-order valence-corrected chi connectivity index (χ4v) is 4.67. The van der Waals surface area contributed by atoms with Crippen LogP contribution in [0.25, 0.3) is 0 Å². The van der Waals surface area contributed by atoms with Crippen LogP contribution < -0.4 is 10.1 Å². The Morgan fingerprint density at radius 3 is 2.25 bits per heavy atom. The SMILES string of the molecule is CCCCCC1(c2ccc(F)cc2)CN(C(=O)C(Cc2ccc(OC)cc2)OC(=O)NC(C)(C)C)C1. The lowest BCUT2D eigenvalue weighted by molar-refractivity contribution is -0.148. The number of benzene rings is 2. The van der Waals surface area contributed by atoms with Gasteiger partial charge in [-0.05, 0) is 62.6 Å². The molecule has 2 amide bonds. The molecule has 1 aliphatic heterocycles. The van der Waals surface area contributed by atoms with Crippen molar-refractivity contribution in [3.8, 4) is 5.75 Å². The third-order valence-electron chi connectivity index (χ3n) is 6.60. The molecule has 3 rings (SSSR count). The molecule has 1 heterocycles. The highest BCUT2D eigenvalue weighted by molar-refractivity contribution is 5.85. The summed E-state index contributed by atoms with van der Waals surface area (Å²) in [5.74, 6) is 0.225. The second-order valence-electron chi connectivity index (χ2n) is 10.8. The van der Waals surface area contributed by atoms with E-state index >= 15 is 0 Å². The van der Waals surface area contributed by atoms with Crippen LogP contribution in [0.15, 0.2) is 48.5 Å². The van der Waals surface area contributed by atoms with Crippen molar-refractivity contribution in [2.75, 3.05) is 20.2 Å². The molecule has 6 nitrogen and oxygen atoms in total. The molecule has 0 bridgehead atoms. The van der Waals surface area contributed by atoms with Gasteiger partial charge >= 0.3 is 6.09 Å². The van der Waals surface area contributed by atoms with Gasteiger partial charge < -0.3 is 19.7 Å². The molecule has 1 atom stereocenters. The largest absolute Gasteiger partial charge is 0.497 e. The number of carbonyl (C=O) groups excluding carboxylic acids is 2. The monoisotopic (exact) mass is 498 g/mol. The van der Waals surface area contributed by atoms with Gasteiger partial charge in [0.15, 0.2) is 6.10 Å². The quantitative estimate of drug-likeness (QED) is 0.431. The van der Waals surface area contributed by atoms with Crippen LogP contribution in [-0.2, 0) is 21.4 Å². The molecular formula is C29H39FN2O4. The highest BCUT2D eigenvalue weighted by Crippen LogP contribution is 2.40. The number of nitrogens with one attached hydrogen (secondary N) is 1. The maximum absolute atomic E-state index is 13.6. The summed E-state index contributed by atoms with van der Waals surface area (Å²) < 4.78 is 24.5. The molecular weight excluding hydrogens is 459 g/mol. The summed E-state index contributed by atoms with van der Waals surface area (Å²) in [7, 11) is 1.60. The van der Waals surface area contributed by atoms with Crippen LogP contribution in [-0.4, -0.2) is 48.7 Å². The lowest BCUT2D eigenvalue weighted by atomic mass is 9.70. The van der Waals surface area contributed by atoms with Crippen LogP contribution in [0.2, 0.25) is 0 Å². The minimum absolute atomic E-state index is 0.211. The Kier molecular flexibility index (Phi) is 8.98. The van der Waals surface area contributed by atoms with Crippen LogP contribution in [0.4, 0.5) is 9.18 Å². The molecule has 2 aromatic carbocycles. The lowest BCUT2D eigenvalue weighted by Gasteiger charge is -2.51. The predicted octanol–water partition coefficient (Wildman–Crippen LogP) is 5.63. The Bertz CT molecular complexity index is 1010. The zero-order valence-electron chi connectivity index (χ0n) is 22.1. The summed E-state index contributed by atoms with van der Waals surface area (Å²) in [6, 6.07) is 14.0. The second-order valence-corrected chi connectivity index (χ2v) is 10.8. The molecule has 2 aromatic rings. The van der Waals surface area contributed by atoms with Crippen LogP contribution in [0, 0.1) is 5.82 Å². The predicted molar refractivity (Wildman–Crippen MR) is 139 cm³/mol. The zero-order valence-corrected chi connectivity index (χ0v) is 22.1. The van der Waals surface area contributed by atoms with Gasteiger partial charge in [0, 0.05) is 30.5 Å². The second kappa shape index (κ2) is 11.8. The Morgan fingerprint density at radius 1 is 1.06 bits per heavy atom. The average molecular weight is 499 g/mol. The molecule has 36 heavy (non-hydrogen) atoms. The smallest absolute Gasteiger partial charge is 0.408 e. The summed E-state index contributed by atoms with van der Waals surface area (Å²) in [6.07, 6.45) is 2.84. The van der Waals surface area contributed by atoms with Gasteiger partial charge in [0.05, 0.1) is 7.11 Å². The van der Waals surface area contributed by atoms with Gasteiger partial charge in [0.25, 0.3) is 5.91 Å². The van der Waals surface area contributed by atoms with E-state index in [9.17, 15) is 14.0 Å². The average Bonchev–Trinajstić information content (AvgIpc) is 2.80. The lowest BCUT2D eigenvalue weighted by Crippen LogP contribution is -2.63. The fraction of sp³-hybridized carbons (Fsp3) is 0.517.